The molecule has 3 aromatic rings. The van der Waals surface area contributed by atoms with E-state index in [1.807, 2.05) is 25.1 Å². The zero-order valence-corrected chi connectivity index (χ0v) is 20.7. The van der Waals surface area contributed by atoms with Crippen LogP contribution in [-0.4, -0.2) is 31.9 Å². The average molecular weight is 497 g/mol. The lowest BCUT2D eigenvalue weighted by Crippen LogP contribution is -2.29. The minimum atomic E-state index is -1.10. The number of aliphatic imine (C=N–C) groups is 1. The van der Waals surface area contributed by atoms with Crippen LogP contribution in [0.4, 0.5) is 4.39 Å². The van der Waals surface area contributed by atoms with Crippen LogP contribution in [0, 0.1) is 18.7 Å². The summed E-state index contributed by atoms with van der Waals surface area (Å²) in [6.45, 7) is 7.38. The van der Waals surface area contributed by atoms with E-state index in [1.165, 1.54) is 22.9 Å². The summed E-state index contributed by atoms with van der Waals surface area (Å²) in [5.41, 5.74) is 1.64. The maximum absolute atomic E-state index is 13.9. The summed E-state index contributed by atoms with van der Waals surface area (Å²) in [6.07, 6.45) is 3.29. The van der Waals surface area contributed by atoms with Gasteiger partial charge in [0.1, 0.15) is 34.5 Å². The second-order valence-electron chi connectivity index (χ2n) is 8.99. The van der Waals surface area contributed by atoms with Crippen LogP contribution >= 0.6 is 11.6 Å². The van der Waals surface area contributed by atoms with Crippen molar-refractivity contribution >= 4 is 23.0 Å². The van der Waals surface area contributed by atoms with Crippen molar-refractivity contribution in [2.45, 2.75) is 39.9 Å². The Labute approximate surface area is 207 Å². The lowest BCUT2D eigenvalue weighted by atomic mass is 9.99. The van der Waals surface area contributed by atoms with Gasteiger partial charge in [-0.1, -0.05) is 24.6 Å². The zero-order chi connectivity index (χ0) is 25.3. The fourth-order valence-corrected chi connectivity index (χ4v) is 3.99. The first-order valence-corrected chi connectivity index (χ1v) is 11.5. The van der Waals surface area contributed by atoms with Crippen molar-refractivity contribution in [2.24, 2.45) is 10.9 Å². The third-order valence-corrected chi connectivity index (χ3v) is 6.07. The van der Waals surface area contributed by atoms with Gasteiger partial charge >= 0.3 is 0 Å². The predicted octanol–water partition coefficient (Wildman–Crippen LogP) is 4.53. The average Bonchev–Trinajstić information content (AvgIpc) is 2.82. The largest absolute Gasteiger partial charge is 0.485 e. The Hall–Kier alpha value is -3.36. The van der Waals surface area contributed by atoms with Crippen molar-refractivity contribution in [2.75, 3.05) is 6.54 Å². The topological polar surface area (TPSA) is 89.6 Å². The van der Waals surface area contributed by atoms with Crippen LogP contribution in [0.3, 0.4) is 0 Å². The molecule has 0 aliphatic carbocycles. The van der Waals surface area contributed by atoms with Gasteiger partial charge in [-0.15, -0.1) is 0 Å². The van der Waals surface area contributed by atoms with Gasteiger partial charge < -0.3 is 9.84 Å². The summed E-state index contributed by atoms with van der Waals surface area (Å²) >= 11 is 6.40. The van der Waals surface area contributed by atoms with Crippen molar-refractivity contribution in [3.63, 3.8) is 0 Å². The van der Waals surface area contributed by atoms with Crippen LogP contribution < -0.4 is 10.3 Å². The second-order valence-corrected chi connectivity index (χ2v) is 9.37. The summed E-state index contributed by atoms with van der Waals surface area (Å²) < 4.78 is 21.1. The fraction of sp³-hybridized carbons (Fsp3) is 0.308. The number of hydrogen-bond acceptors (Lipinski definition) is 6. The molecule has 0 unspecified atom stereocenters. The molecule has 0 bridgehead atoms. The number of ether oxygens (including phenoxy) is 1. The molecule has 0 radical (unpaired) electrons. The highest BCUT2D eigenvalue weighted by Crippen LogP contribution is 2.28. The predicted molar refractivity (Wildman–Crippen MR) is 133 cm³/mol. The monoisotopic (exact) mass is 496 g/mol. The Morgan fingerprint density at radius 2 is 2.06 bits per heavy atom. The van der Waals surface area contributed by atoms with Gasteiger partial charge in [-0.3, -0.25) is 19.3 Å². The maximum Gasteiger partial charge on any atom is 0.277 e. The molecule has 0 fully saturated rings. The molecule has 0 spiro atoms. The molecule has 0 amide bonds. The lowest BCUT2D eigenvalue weighted by molar-refractivity contribution is 0.0738. The van der Waals surface area contributed by atoms with Crippen molar-refractivity contribution in [1.82, 2.24) is 14.5 Å². The molecule has 1 N–H and O–H groups in total. The molecule has 7 nitrogen and oxygen atoms in total. The first-order valence-electron chi connectivity index (χ1n) is 11.2. The standard InChI is InChI=1S/C26H26ClFN4O3/c1-15-13-30-19(18-8-5-9-23(31-18)26(3,4)34)12-21(15)32-16(2)11-22(24(27)25(32)33)35-14-20-17(28)7-6-10-29-20/h5-12,15,34H,13-14H2,1-4H3/t15-/m1/s1. The smallest absolute Gasteiger partial charge is 0.277 e. The van der Waals surface area contributed by atoms with Crippen molar-refractivity contribution in [3.8, 4) is 5.75 Å². The SMILES string of the molecule is Cc1cc(OCc2ncccc2F)c(Cl)c(=O)n1C1=CC(c2cccc(C(C)(C)O)n2)=NC[C@H]1C. The molecule has 1 aliphatic heterocycles. The van der Waals surface area contributed by atoms with Crippen LogP contribution in [0.1, 0.15) is 43.5 Å². The molecule has 3 aromatic heterocycles. The van der Waals surface area contributed by atoms with E-state index < -0.39 is 17.0 Å². The van der Waals surface area contributed by atoms with E-state index >= 15 is 0 Å². The van der Waals surface area contributed by atoms with Gasteiger partial charge in [-0.05, 0) is 51.1 Å². The van der Waals surface area contributed by atoms with Gasteiger partial charge in [-0.2, -0.15) is 0 Å². The zero-order valence-electron chi connectivity index (χ0n) is 19.9. The Morgan fingerprint density at radius 1 is 1.29 bits per heavy atom. The molecular formula is C26H26ClFN4O3. The third-order valence-electron chi connectivity index (χ3n) is 5.72. The normalized spacial score (nSPS) is 16.0. The molecule has 1 atom stereocenters. The lowest BCUT2D eigenvalue weighted by Gasteiger charge is -2.24. The summed E-state index contributed by atoms with van der Waals surface area (Å²) in [7, 11) is 0. The van der Waals surface area contributed by atoms with Crippen molar-refractivity contribution in [1.29, 1.82) is 0 Å². The molecule has 182 valence electrons. The maximum atomic E-state index is 13.9. The number of aromatic nitrogens is 3. The van der Waals surface area contributed by atoms with Crippen molar-refractivity contribution in [3.05, 3.63) is 92.6 Å². The number of dihydropyridines is 1. The van der Waals surface area contributed by atoms with Gasteiger partial charge in [0, 0.05) is 36.1 Å². The number of rotatable bonds is 6. The van der Waals surface area contributed by atoms with Crippen LogP contribution in [-0.2, 0) is 12.2 Å². The summed E-state index contributed by atoms with van der Waals surface area (Å²) in [6, 6.07) is 9.81. The van der Waals surface area contributed by atoms with Crippen LogP contribution in [0.25, 0.3) is 5.70 Å². The highest BCUT2D eigenvalue weighted by Gasteiger charge is 2.24. The number of pyridine rings is 3. The number of halogens is 2. The molecule has 0 saturated carbocycles. The van der Waals surface area contributed by atoms with Gasteiger partial charge in [0.2, 0.25) is 0 Å². The first kappa shape index (κ1) is 24.8. The van der Waals surface area contributed by atoms with E-state index in [1.54, 1.807) is 32.9 Å². The molecule has 4 rings (SSSR count). The molecule has 4 heterocycles. The van der Waals surface area contributed by atoms with Crippen LogP contribution in [0.5, 0.6) is 5.75 Å². The van der Waals surface area contributed by atoms with Crippen LogP contribution in [0.2, 0.25) is 5.02 Å². The minimum Gasteiger partial charge on any atom is -0.485 e. The minimum absolute atomic E-state index is 0.0573. The van der Waals surface area contributed by atoms with E-state index in [9.17, 15) is 14.3 Å². The molecule has 0 saturated heterocycles. The number of allylic oxidation sites excluding steroid dienone is 1. The summed E-state index contributed by atoms with van der Waals surface area (Å²) in [5, 5.41) is 10.2. The molecule has 9 heteroatoms. The van der Waals surface area contributed by atoms with Gasteiger partial charge in [-0.25, -0.2) is 9.37 Å². The van der Waals surface area contributed by atoms with E-state index in [-0.39, 0.29) is 29.0 Å². The third kappa shape index (κ3) is 5.18. The quantitative estimate of drug-likeness (QED) is 0.541. The Morgan fingerprint density at radius 3 is 2.77 bits per heavy atom. The highest BCUT2D eigenvalue weighted by molar-refractivity contribution is 6.31. The Kier molecular flexibility index (Phi) is 6.87. The number of aliphatic hydroxyl groups is 1. The van der Waals surface area contributed by atoms with Gasteiger partial charge in [0.05, 0.1) is 17.1 Å². The highest BCUT2D eigenvalue weighted by atomic mass is 35.5. The van der Waals surface area contributed by atoms with Crippen LogP contribution in [0.15, 0.2) is 58.5 Å². The molecular weight excluding hydrogens is 471 g/mol. The Balaban J connectivity index is 1.69. The number of hydrogen-bond donors (Lipinski definition) is 1. The summed E-state index contributed by atoms with van der Waals surface area (Å²) in [4.78, 5) is 26.4. The van der Waals surface area contributed by atoms with E-state index in [4.69, 9.17) is 16.3 Å². The van der Waals surface area contributed by atoms with Crippen molar-refractivity contribution < 1.29 is 14.2 Å². The van der Waals surface area contributed by atoms with E-state index in [0.717, 1.165) is 5.70 Å². The number of nitrogens with zero attached hydrogens (tertiary/aromatic N) is 4. The van der Waals surface area contributed by atoms with E-state index in [2.05, 4.69) is 15.0 Å². The fourth-order valence-electron chi connectivity index (χ4n) is 3.79. The van der Waals surface area contributed by atoms with Gasteiger partial charge in [0.15, 0.2) is 0 Å². The molecule has 35 heavy (non-hydrogen) atoms. The molecule has 1 aliphatic rings. The van der Waals surface area contributed by atoms with E-state index in [0.29, 0.717) is 29.3 Å². The molecule has 0 aromatic carbocycles. The Bertz CT molecular complexity index is 1390. The second kappa shape index (κ2) is 9.71. The van der Waals surface area contributed by atoms with Gasteiger partial charge in [0.25, 0.3) is 5.56 Å². The number of aryl methyl sites for hydroxylation is 1. The first-order chi connectivity index (χ1) is 16.6. The summed E-state index contributed by atoms with van der Waals surface area (Å²) in [5.74, 6) is -0.394.